The highest BCUT2D eigenvalue weighted by Crippen LogP contribution is 1.98. The number of carbonyl (C=O) groups is 1. The molecule has 1 aromatic heterocycles. The molecule has 0 saturated carbocycles. The molecule has 1 rings (SSSR count). The summed E-state index contributed by atoms with van der Waals surface area (Å²) in [5.74, 6) is -0.852. The van der Waals surface area contributed by atoms with Crippen molar-refractivity contribution in [2.24, 2.45) is 0 Å². The standard InChI is InChI=1S/C7H11N3O2/c1-2-3-10-6(4-7(11)12)5-8-9-10/h5H,2-4H2,1H3,(H,11,12). The second-order valence-corrected chi connectivity index (χ2v) is 2.52. The van der Waals surface area contributed by atoms with E-state index in [1.54, 1.807) is 4.68 Å². The molecular weight excluding hydrogens is 158 g/mol. The second-order valence-electron chi connectivity index (χ2n) is 2.52. The predicted octanol–water partition coefficient (Wildman–Crippen LogP) is 0.315. The van der Waals surface area contributed by atoms with Crippen molar-refractivity contribution >= 4 is 5.97 Å². The van der Waals surface area contributed by atoms with Crippen LogP contribution < -0.4 is 0 Å². The lowest BCUT2D eigenvalue weighted by Gasteiger charge is -2.00. The summed E-state index contributed by atoms with van der Waals surface area (Å²) in [7, 11) is 0. The quantitative estimate of drug-likeness (QED) is 0.704. The molecule has 0 radical (unpaired) electrons. The smallest absolute Gasteiger partial charge is 0.309 e. The average molecular weight is 169 g/mol. The molecule has 0 saturated heterocycles. The fourth-order valence-corrected chi connectivity index (χ4v) is 0.971. The van der Waals surface area contributed by atoms with Gasteiger partial charge in [0, 0.05) is 6.54 Å². The Morgan fingerprint density at radius 3 is 3.08 bits per heavy atom. The highest BCUT2D eigenvalue weighted by molar-refractivity contribution is 5.69. The maximum absolute atomic E-state index is 10.4. The van der Waals surface area contributed by atoms with E-state index in [0.717, 1.165) is 13.0 Å². The van der Waals surface area contributed by atoms with E-state index in [1.165, 1.54) is 6.20 Å². The lowest BCUT2D eigenvalue weighted by Crippen LogP contribution is -2.09. The van der Waals surface area contributed by atoms with Crippen molar-refractivity contribution in [3.05, 3.63) is 11.9 Å². The third kappa shape index (κ3) is 2.05. The Bertz CT molecular complexity index is 269. The van der Waals surface area contributed by atoms with E-state index in [4.69, 9.17) is 5.11 Å². The van der Waals surface area contributed by atoms with Crippen LogP contribution in [-0.2, 0) is 17.8 Å². The number of hydrogen-bond acceptors (Lipinski definition) is 3. The van der Waals surface area contributed by atoms with Crippen LogP contribution in [0.5, 0.6) is 0 Å². The summed E-state index contributed by atoms with van der Waals surface area (Å²) in [5, 5.41) is 15.9. The number of aliphatic carboxylic acids is 1. The van der Waals surface area contributed by atoms with Crippen LogP contribution in [0.3, 0.4) is 0 Å². The molecule has 0 atom stereocenters. The van der Waals surface area contributed by atoms with E-state index in [2.05, 4.69) is 10.3 Å². The van der Waals surface area contributed by atoms with Gasteiger partial charge in [0.05, 0.1) is 18.3 Å². The third-order valence-corrected chi connectivity index (χ3v) is 1.47. The summed E-state index contributed by atoms with van der Waals surface area (Å²) >= 11 is 0. The monoisotopic (exact) mass is 169 g/mol. The first kappa shape index (κ1) is 8.70. The fraction of sp³-hybridized carbons (Fsp3) is 0.571. The molecule has 1 aromatic rings. The van der Waals surface area contributed by atoms with Crippen LogP contribution in [0.25, 0.3) is 0 Å². The minimum atomic E-state index is -0.852. The molecule has 12 heavy (non-hydrogen) atoms. The first-order valence-electron chi connectivity index (χ1n) is 3.83. The van der Waals surface area contributed by atoms with E-state index in [9.17, 15) is 4.79 Å². The molecule has 1 heterocycles. The van der Waals surface area contributed by atoms with Crippen molar-refractivity contribution in [3.63, 3.8) is 0 Å². The van der Waals surface area contributed by atoms with Gasteiger partial charge >= 0.3 is 5.97 Å². The molecule has 66 valence electrons. The second kappa shape index (κ2) is 3.85. The summed E-state index contributed by atoms with van der Waals surface area (Å²) in [6.07, 6.45) is 2.41. The van der Waals surface area contributed by atoms with Crippen molar-refractivity contribution in [2.75, 3.05) is 0 Å². The number of aromatic nitrogens is 3. The van der Waals surface area contributed by atoms with Gasteiger partial charge in [0.1, 0.15) is 0 Å². The van der Waals surface area contributed by atoms with E-state index in [1.807, 2.05) is 6.92 Å². The van der Waals surface area contributed by atoms with Gasteiger partial charge in [-0.1, -0.05) is 12.1 Å². The van der Waals surface area contributed by atoms with E-state index in [0.29, 0.717) is 5.69 Å². The van der Waals surface area contributed by atoms with Crippen molar-refractivity contribution in [2.45, 2.75) is 26.3 Å². The molecule has 1 N–H and O–H groups in total. The number of rotatable bonds is 4. The van der Waals surface area contributed by atoms with E-state index < -0.39 is 5.97 Å². The van der Waals surface area contributed by atoms with Gasteiger partial charge in [-0.2, -0.15) is 0 Å². The van der Waals surface area contributed by atoms with Gasteiger partial charge in [-0.3, -0.25) is 4.79 Å². The lowest BCUT2D eigenvalue weighted by molar-refractivity contribution is -0.136. The minimum absolute atomic E-state index is 0.00694. The molecule has 5 nitrogen and oxygen atoms in total. The molecule has 0 aliphatic rings. The van der Waals surface area contributed by atoms with Crippen LogP contribution in [0.1, 0.15) is 19.0 Å². The first-order chi connectivity index (χ1) is 5.74. The van der Waals surface area contributed by atoms with Gasteiger partial charge in [0.25, 0.3) is 0 Å². The molecule has 0 amide bonds. The summed E-state index contributed by atoms with van der Waals surface area (Å²) in [5.41, 5.74) is 0.657. The normalized spacial score (nSPS) is 10.1. The van der Waals surface area contributed by atoms with E-state index in [-0.39, 0.29) is 6.42 Å². The van der Waals surface area contributed by atoms with Crippen molar-refractivity contribution in [1.82, 2.24) is 15.0 Å². The SMILES string of the molecule is CCCn1nncc1CC(=O)O. The summed E-state index contributed by atoms with van der Waals surface area (Å²) < 4.78 is 1.62. The topological polar surface area (TPSA) is 68.0 Å². The number of carboxylic acids is 1. The largest absolute Gasteiger partial charge is 0.481 e. The molecule has 5 heteroatoms. The number of aryl methyl sites for hydroxylation is 1. The average Bonchev–Trinajstić information content (AvgIpc) is 2.37. The lowest BCUT2D eigenvalue weighted by atomic mass is 10.3. The Labute approximate surface area is 70.0 Å². The summed E-state index contributed by atoms with van der Waals surface area (Å²) in [6.45, 7) is 2.73. The highest BCUT2D eigenvalue weighted by atomic mass is 16.4. The van der Waals surface area contributed by atoms with Gasteiger partial charge in [0.15, 0.2) is 0 Å². The minimum Gasteiger partial charge on any atom is -0.481 e. The summed E-state index contributed by atoms with van der Waals surface area (Å²) in [6, 6.07) is 0. The Morgan fingerprint density at radius 1 is 1.75 bits per heavy atom. The van der Waals surface area contributed by atoms with Gasteiger partial charge in [-0.25, -0.2) is 4.68 Å². The van der Waals surface area contributed by atoms with Crippen LogP contribution in [0.4, 0.5) is 0 Å². The number of nitrogens with zero attached hydrogens (tertiary/aromatic N) is 3. The Morgan fingerprint density at radius 2 is 2.50 bits per heavy atom. The van der Waals surface area contributed by atoms with Gasteiger partial charge in [-0.05, 0) is 6.42 Å². The Kier molecular flexibility index (Phi) is 2.79. The van der Waals surface area contributed by atoms with Gasteiger partial charge in [-0.15, -0.1) is 5.10 Å². The number of hydrogen-bond donors (Lipinski definition) is 1. The molecule has 0 fully saturated rings. The zero-order chi connectivity index (χ0) is 8.97. The third-order valence-electron chi connectivity index (χ3n) is 1.47. The Hall–Kier alpha value is -1.39. The molecular formula is C7H11N3O2. The van der Waals surface area contributed by atoms with Gasteiger partial charge in [0.2, 0.25) is 0 Å². The van der Waals surface area contributed by atoms with Crippen molar-refractivity contribution < 1.29 is 9.90 Å². The predicted molar refractivity (Wildman–Crippen MR) is 41.7 cm³/mol. The fourth-order valence-electron chi connectivity index (χ4n) is 0.971. The maximum atomic E-state index is 10.4. The van der Waals surface area contributed by atoms with Gasteiger partial charge < -0.3 is 5.11 Å². The maximum Gasteiger partial charge on any atom is 0.309 e. The molecule has 0 bridgehead atoms. The number of carboxylic acid groups (broad SMARTS) is 1. The van der Waals surface area contributed by atoms with Crippen molar-refractivity contribution in [1.29, 1.82) is 0 Å². The van der Waals surface area contributed by atoms with Crippen LogP contribution in [-0.4, -0.2) is 26.1 Å². The zero-order valence-electron chi connectivity index (χ0n) is 6.90. The molecule has 0 unspecified atom stereocenters. The summed E-state index contributed by atoms with van der Waals surface area (Å²) in [4.78, 5) is 10.4. The van der Waals surface area contributed by atoms with Crippen LogP contribution in [0.2, 0.25) is 0 Å². The zero-order valence-corrected chi connectivity index (χ0v) is 6.90. The molecule has 0 spiro atoms. The molecule has 0 aliphatic heterocycles. The first-order valence-corrected chi connectivity index (χ1v) is 3.83. The van der Waals surface area contributed by atoms with E-state index >= 15 is 0 Å². The van der Waals surface area contributed by atoms with Crippen LogP contribution in [0.15, 0.2) is 6.20 Å². The highest BCUT2D eigenvalue weighted by Gasteiger charge is 2.06. The Balaban J connectivity index is 2.69. The molecule has 0 aliphatic carbocycles. The van der Waals surface area contributed by atoms with Crippen molar-refractivity contribution in [3.8, 4) is 0 Å². The molecule has 0 aromatic carbocycles. The van der Waals surface area contributed by atoms with Crippen LogP contribution in [0, 0.1) is 0 Å². The van der Waals surface area contributed by atoms with Crippen LogP contribution >= 0.6 is 0 Å².